The summed E-state index contributed by atoms with van der Waals surface area (Å²) >= 11 is 3.50. The van der Waals surface area contributed by atoms with Crippen LogP contribution in [0.3, 0.4) is 0 Å². The summed E-state index contributed by atoms with van der Waals surface area (Å²) in [4.78, 5) is 0. The molecule has 0 unspecified atom stereocenters. The molecule has 3 rings (SSSR count). The second-order valence-electron chi connectivity index (χ2n) is 4.36. The van der Waals surface area contributed by atoms with Gasteiger partial charge in [0.2, 0.25) is 0 Å². The van der Waals surface area contributed by atoms with Gasteiger partial charge in [0, 0.05) is 15.2 Å². The molecule has 19 heavy (non-hydrogen) atoms. The van der Waals surface area contributed by atoms with Crippen molar-refractivity contribution in [1.82, 2.24) is 0 Å². The van der Waals surface area contributed by atoms with E-state index in [4.69, 9.17) is 9.47 Å². The summed E-state index contributed by atoms with van der Waals surface area (Å²) in [5, 5.41) is 4.49. The third-order valence-corrected chi connectivity index (χ3v) is 3.79. The van der Waals surface area contributed by atoms with Crippen LogP contribution in [0.1, 0.15) is 0 Å². The van der Waals surface area contributed by atoms with Gasteiger partial charge in [0.25, 0.3) is 0 Å². The van der Waals surface area contributed by atoms with Gasteiger partial charge >= 0.3 is 0 Å². The molecule has 3 heteroatoms. The summed E-state index contributed by atoms with van der Waals surface area (Å²) in [7, 11) is 3.37. The van der Waals surface area contributed by atoms with Crippen molar-refractivity contribution in [1.29, 1.82) is 0 Å². The van der Waals surface area contributed by atoms with Gasteiger partial charge in [-0.25, -0.2) is 0 Å². The minimum Gasteiger partial charge on any atom is -0.496 e. The van der Waals surface area contributed by atoms with Crippen molar-refractivity contribution in [2.24, 2.45) is 0 Å². The Balaban J connectivity index is 2.45. The van der Waals surface area contributed by atoms with Crippen molar-refractivity contribution in [3.05, 3.63) is 46.9 Å². The summed E-state index contributed by atoms with van der Waals surface area (Å²) in [5.41, 5.74) is 0. The first-order valence-corrected chi connectivity index (χ1v) is 6.76. The number of hydrogen-bond donors (Lipinski definition) is 0. The van der Waals surface area contributed by atoms with E-state index in [1.807, 2.05) is 18.2 Å². The molecule has 3 aromatic carbocycles. The average molecular weight is 317 g/mol. The van der Waals surface area contributed by atoms with Gasteiger partial charge in [-0.1, -0.05) is 22.0 Å². The first-order chi connectivity index (χ1) is 9.22. The maximum absolute atomic E-state index is 5.44. The van der Waals surface area contributed by atoms with Crippen molar-refractivity contribution in [3.63, 3.8) is 0 Å². The molecule has 0 heterocycles. The lowest BCUT2D eigenvalue weighted by atomic mass is 10.0. The molecule has 0 atom stereocenters. The van der Waals surface area contributed by atoms with E-state index in [1.165, 1.54) is 10.8 Å². The first kappa shape index (κ1) is 12.3. The van der Waals surface area contributed by atoms with Crippen molar-refractivity contribution in [2.75, 3.05) is 14.2 Å². The van der Waals surface area contributed by atoms with Crippen LogP contribution in [0.4, 0.5) is 0 Å². The molecule has 3 aromatic rings. The molecule has 0 aliphatic rings. The van der Waals surface area contributed by atoms with Gasteiger partial charge in [0.05, 0.1) is 14.2 Å². The zero-order chi connectivity index (χ0) is 13.4. The average Bonchev–Trinajstić information content (AvgIpc) is 2.44. The van der Waals surface area contributed by atoms with Crippen LogP contribution in [0, 0.1) is 0 Å². The standard InChI is InChI=1S/C16H13BrO2/c1-18-15-5-6-16(19-2)14-9-11-7-12(17)4-3-10(11)8-13(14)15/h3-9H,1-2H3. The van der Waals surface area contributed by atoms with Crippen LogP contribution in [0.5, 0.6) is 11.5 Å². The maximum Gasteiger partial charge on any atom is 0.126 e. The molecule has 0 amide bonds. The van der Waals surface area contributed by atoms with Crippen LogP contribution in [0.2, 0.25) is 0 Å². The quantitative estimate of drug-likeness (QED) is 0.634. The highest BCUT2D eigenvalue weighted by atomic mass is 79.9. The van der Waals surface area contributed by atoms with Gasteiger partial charge in [-0.15, -0.1) is 0 Å². The summed E-state index contributed by atoms with van der Waals surface area (Å²) in [6.07, 6.45) is 0. The minimum absolute atomic E-state index is 0.859. The second-order valence-corrected chi connectivity index (χ2v) is 5.28. The zero-order valence-corrected chi connectivity index (χ0v) is 12.3. The van der Waals surface area contributed by atoms with E-state index in [0.29, 0.717) is 0 Å². The highest BCUT2D eigenvalue weighted by Crippen LogP contribution is 2.36. The molecule has 0 radical (unpaired) electrons. The Hall–Kier alpha value is -1.74. The number of fused-ring (bicyclic) bond motifs is 2. The second kappa shape index (κ2) is 4.74. The lowest BCUT2D eigenvalue weighted by Gasteiger charge is -2.11. The van der Waals surface area contributed by atoms with E-state index in [-0.39, 0.29) is 0 Å². The van der Waals surface area contributed by atoms with E-state index >= 15 is 0 Å². The molecule has 0 aliphatic carbocycles. The van der Waals surface area contributed by atoms with Gasteiger partial charge in [0.15, 0.2) is 0 Å². The molecule has 0 aromatic heterocycles. The summed E-state index contributed by atoms with van der Waals surface area (Å²) in [6, 6.07) is 14.4. The first-order valence-electron chi connectivity index (χ1n) is 5.97. The van der Waals surface area contributed by atoms with Crippen LogP contribution in [-0.2, 0) is 0 Å². The molecule has 0 saturated heterocycles. The fourth-order valence-electron chi connectivity index (χ4n) is 2.36. The predicted octanol–water partition coefficient (Wildman–Crippen LogP) is 4.77. The number of hydrogen-bond acceptors (Lipinski definition) is 2. The number of rotatable bonds is 2. The monoisotopic (exact) mass is 316 g/mol. The van der Waals surface area contributed by atoms with E-state index < -0.39 is 0 Å². The lowest BCUT2D eigenvalue weighted by molar-refractivity contribution is 0.410. The lowest BCUT2D eigenvalue weighted by Crippen LogP contribution is -1.89. The van der Waals surface area contributed by atoms with Crippen LogP contribution in [0.25, 0.3) is 21.5 Å². The van der Waals surface area contributed by atoms with Crippen LogP contribution >= 0.6 is 15.9 Å². The zero-order valence-electron chi connectivity index (χ0n) is 10.7. The molecule has 0 bridgehead atoms. The summed E-state index contributed by atoms with van der Waals surface area (Å²) < 4.78 is 11.9. The fourth-order valence-corrected chi connectivity index (χ4v) is 2.74. The van der Waals surface area contributed by atoms with E-state index in [9.17, 15) is 0 Å². The highest BCUT2D eigenvalue weighted by molar-refractivity contribution is 9.10. The number of ether oxygens (including phenoxy) is 2. The van der Waals surface area contributed by atoms with Gasteiger partial charge in [-0.3, -0.25) is 0 Å². The third-order valence-electron chi connectivity index (χ3n) is 3.30. The number of benzene rings is 3. The predicted molar refractivity (Wildman–Crippen MR) is 82.3 cm³/mol. The van der Waals surface area contributed by atoms with Gasteiger partial charge < -0.3 is 9.47 Å². The van der Waals surface area contributed by atoms with Crippen molar-refractivity contribution in [2.45, 2.75) is 0 Å². The topological polar surface area (TPSA) is 18.5 Å². The number of halogens is 1. The Morgan fingerprint density at radius 3 is 1.89 bits per heavy atom. The SMILES string of the molecule is COc1ccc(OC)c2cc3cc(Br)ccc3cc12. The van der Waals surface area contributed by atoms with E-state index in [2.05, 4.69) is 40.2 Å². The van der Waals surface area contributed by atoms with Crippen molar-refractivity contribution < 1.29 is 9.47 Å². The van der Waals surface area contributed by atoms with Crippen LogP contribution in [-0.4, -0.2) is 14.2 Å². The van der Waals surface area contributed by atoms with Gasteiger partial charge in [-0.05, 0) is 47.2 Å². The van der Waals surface area contributed by atoms with E-state index in [1.54, 1.807) is 14.2 Å². The Labute approximate surface area is 120 Å². The Morgan fingerprint density at radius 1 is 0.737 bits per heavy atom. The Morgan fingerprint density at radius 2 is 1.32 bits per heavy atom. The maximum atomic E-state index is 5.44. The smallest absolute Gasteiger partial charge is 0.126 e. The van der Waals surface area contributed by atoms with Gasteiger partial charge in [-0.2, -0.15) is 0 Å². The van der Waals surface area contributed by atoms with Crippen LogP contribution in [0.15, 0.2) is 46.9 Å². The normalized spacial score (nSPS) is 10.9. The molecule has 2 nitrogen and oxygen atoms in total. The molecule has 0 saturated carbocycles. The van der Waals surface area contributed by atoms with Crippen molar-refractivity contribution >= 4 is 37.5 Å². The Bertz CT molecular complexity index is 765. The number of methoxy groups -OCH3 is 2. The molecule has 96 valence electrons. The molecule has 0 fully saturated rings. The van der Waals surface area contributed by atoms with Crippen LogP contribution < -0.4 is 9.47 Å². The van der Waals surface area contributed by atoms with Gasteiger partial charge in [0.1, 0.15) is 11.5 Å². The van der Waals surface area contributed by atoms with Crippen molar-refractivity contribution in [3.8, 4) is 11.5 Å². The highest BCUT2D eigenvalue weighted by Gasteiger charge is 2.08. The summed E-state index contributed by atoms with van der Waals surface area (Å²) in [6.45, 7) is 0. The molecule has 0 spiro atoms. The summed E-state index contributed by atoms with van der Waals surface area (Å²) in [5.74, 6) is 1.72. The molecule has 0 aliphatic heterocycles. The molecule has 0 N–H and O–H groups in total. The molecular weight excluding hydrogens is 304 g/mol. The largest absolute Gasteiger partial charge is 0.496 e. The third kappa shape index (κ3) is 2.04. The fraction of sp³-hybridized carbons (Fsp3) is 0.125. The molecular formula is C16H13BrO2. The minimum atomic E-state index is 0.859. The Kier molecular flexibility index (Phi) is 3.07. The van der Waals surface area contributed by atoms with E-state index in [0.717, 1.165) is 26.7 Å².